The largest absolute Gasteiger partial charge is 0.455 e. The van der Waals surface area contributed by atoms with E-state index >= 15 is 0 Å². The molecule has 9 heteroatoms. The molecule has 124 valence electrons. The summed E-state index contributed by atoms with van der Waals surface area (Å²) < 4.78 is 5.52. The van der Waals surface area contributed by atoms with Crippen molar-refractivity contribution in [3.63, 3.8) is 0 Å². The summed E-state index contributed by atoms with van der Waals surface area (Å²) in [6.45, 7) is 0. The van der Waals surface area contributed by atoms with Gasteiger partial charge in [-0.05, 0) is 18.2 Å². The van der Waals surface area contributed by atoms with E-state index in [0.717, 1.165) is 0 Å². The minimum atomic E-state index is -0.519. The summed E-state index contributed by atoms with van der Waals surface area (Å²) in [5.41, 5.74) is 2.71. The number of hydrazone groups is 1. The van der Waals surface area contributed by atoms with Gasteiger partial charge >= 0.3 is 0 Å². The van der Waals surface area contributed by atoms with Crippen LogP contribution in [0.25, 0.3) is 11.3 Å². The molecular weight excluding hydrogens is 326 g/mol. The fraction of sp³-hybridized carbons (Fsp3) is 0. The minimum absolute atomic E-state index is 0.0590. The van der Waals surface area contributed by atoms with E-state index in [2.05, 4.69) is 20.5 Å². The van der Waals surface area contributed by atoms with Gasteiger partial charge in [0.05, 0.1) is 22.9 Å². The lowest BCUT2D eigenvalue weighted by Gasteiger charge is -1.98. The molecule has 0 fully saturated rings. The van der Waals surface area contributed by atoms with Gasteiger partial charge in [0.15, 0.2) is 0 Å². The topological polar surface area (TPSA) is 124 Å². The number of hydrogen-bond acceptors (Lipinski definition) is 7. The van der Waals surface area contributed by atoms with E-state index in [1.54, 1.807) is 30.3 Å². The van der Waals surface area contributed by atoms with E-state index in [9.17, 15) is 14.9 Å². The van der Waals surface area contributed by atoms with Gasteiger partial charge in [-0.15, -0.1) is 0 Å². The Morgan fingerprint density at radius 2 is 2.08 bits per heavy atom. The zero-order valence-corrected chi connectivity index (χ0v) is 12.7. The second kappa shape index (κ2) is 7.13. The van der Waals surface area contributed by atoms with Crippen LogP contribution < -0.4 is 5.43 Å². The molecule has 0 spiro atoms. The van der Waals surface area contributed by atoms with Gasteiger partial charge in [-0.1, -0.05) is 12.1 Å². The number of nitrogens with zero attached hydrogens (tertiary/aromatic N) is 4. The van der Waals surface area contributed by atoms with Gasteiger partial charge < -0.3 is 4.42 Å². The highest BCUT2D eigenvalue weighted by Gasteiger charge is 2.16. The number of para-hydroxylation sites is 1. The third kappa shape index (κ3) is 3.72. The van der Waals surface area contributed by atoms with Crippen LogP contribution in [0.4, 0.5) is 5.69 Å². The number of benzene rings is 1. The average Bonchev–Trinajstić information content (AvgIpc) is 3.11. The van der Waals surface area contributed by atoms with E-state index in [0.29, 0.717) is 17.1 Å². The normalized spacial score (nSPS) is 10.7. The Labute approximate surface area is 141 Å². The predicted octanol–water partition coefficient (Wildman–Crippen LogP) is 2.41. The summed E-state index contributed by atoms with van der Waals surface area (Å²) in [4.78, 5) is 30.0. The second-order valence-electron chi connectivity index (χ2n) is 4.77. The minimum Gasteiger partial charge on any atom is -0.455 e. The highest BCUT2D eigenvalue weighted by atomic mass is 16.6. The van der Waals surface area contributed by atoms with Crippen molar-refractivity contribution in [2.75, 3.05) is 0 Å². The lowest BCUT2D eigenvalue weighted by molar-refractivity contribution is -0.384. The van der Waals surface area contributed by atoms with Gasteiger partial charge in [-0.2, -0.15) is 5.10 Å². The quantitative estimate of drug-likeness (QED) is 0.433. The van der Waals surface area contributed by atoms with Crippen LogP contribution in [0.15, 0.2) is 64.5 Å². The molecule has 0 saturated carbocycles. The standard InChI is InChI=1S/C16H11N5O4/c22-16(13-10-17-7-8-18-13)20-19-9-11-5-6-15(25-11)12-3-1-2-4-14(12)21(23)24/h1-10H,(H,20,22)/b19-9-. The van der Waals surface area contributed by atoms with E-state index in [4.69, 9.17) is 4.42 Å². The molecule has 0 aliphatic carbocycles. The maximum absolute atomic E-state index is 11.7. The van der Waals surface area contributed by atoms with Gasteiger partial charge in [0.25, 0.3) is 11.6 Å². The Kier molecular flexibility index (Phi) is 4.56. The Morgan fingerprint density at radius 1 is 1.24 bits per heavy atom. The molecule has 1 aromatic carbocycles. The number of amides is 1. The summed E-state index contributed by atoms with van der Waals surface area (Å²) >= 11 is 0. The Morgan fingerprint density at radius 3 is 2.84 bits per heavy atom. The van der Waals surface area contributed by atoms with Crippen molar-refractivity contribution in [1.82, 2.24) is 15.4 Å². The maximum atomic E-state index is 11.7. The Balaban J connectivity index is 1.72. The Hall–Kier alpha value is -3.88. The molecule has 1 amide bonds. The third-order valence-electron chi connectivity index (χ3n) is 3.15. The SMILES string of the molecule is O=C(N/N=C\c1ccc(-c2ccccc2[N+](=O)[O-])o1)c1cnccn1. The van der Waals surface area contributed by atoms with Crippen molar-refractivity contribution in [2.24, 2.45) is 5.10 Å². The van der Waals surface area contributed by atoms with E-state index in [1.165, 1.54) is 30.9 Å². The summed E-state index contributed by atoms with van der Waals surface area (Å²) in [5, 5.41) is 14.8. The lowest BCUT2D eigenvalue weighted by atomic mass is 10.1. The van der Waals surface area contributed by atoms with E-state index in [-0.39, 0.29) is 11.4 Å². The summed E-state index contributed by atoms with van der Waals surface area (Å²) in [5.74, 6) is 0.136. The second-order valence-corrected chi connectivity index (χ2v) is 4.77. The molecule has 0 unspecified atom stereocenters. The first kappa shape index (κ1) is 16.0. The number of carbonyl (C=O) groups excluding carboxylic acids is 1. The third-order valence-corrected chi connectivity index (χ3v) is 3.15. The molecule has 3 rings (SSSR count). The molecule has 0 aliphatic heterocycles. The number of hydrogen-bond donors (Lipinski definition) is 1. The zero-order chi connectivity index (χ0) is 17.6. The van der Waals surface area contributed by atoms with Crippen LogP contribution in [-0.4, -0.2) is 27.0 Å². The van der Waals surface area contributed by atoms with Gasteiger partial charge in [-0.3, -0.25) is 19.9 Å². The van der Waals surface area contributed by atoms with Crippen molar-refractivity contribution < 1.29 is 14.1 Å². The smallest absolute Gasteiger partial charge is 0.291 e. The van der Waals surface area contributed by atoms with Crippen LogP contribution in [0.1, 0.15) is 16.2 Å². The summed E-state index contributed by atoms with van der Waals surface area (Å²) in [7, 11) is 0. The molecule has 25 heavy (non-hydrogen) atoms. The molecule has 3 aromatic rings. The van der Waals surface area contributed by atoms with Crippen LogP contribution in [-0.2, 0) is 0 Å². The van der Waals surface area contributed by atoms with Gasteiger partial charge in [0.2, 0.25) is 0 Å². The highest BCUT2D eigenvalue weighted by molar-refractivity contribution is 5.92. The first-order valence-electron chi connectivity index (χ1n) is 7.08. The number of nitro groups is 1. The van der Waals surface area contributed by atoms with Gasteiger partial charge in [0.1, 0.15) is 17.2 Å². The van der Waals surface area contributed by atoms with Crippen molar-refractivity contribution in [1.29, 1.82) is 0 Å². The molecule has 0 aliphatic rings. The molecule has 0 radical (unpaired) electrons. The molecule has 2 heterocycles. The Bertz CT molecular complexity index is 936. The number of nitrogens with one attached hydrogen (secondary N) is 1. The van der Waals surface area contributed by atoms with Crippen molar-refractivity contribution in [3.8, 4) is 11.3 Å². The lowest BCUT2D eigenvalue weighted by Crippen LogP contribution is -2.18. The van der Waals surface area contributed by atoms with E-state index in [1.807, 2.05) is 0 Å². The fourth-order valence-electron chi connectivity index (χ4n) is 2.04. The number of furan rings is 1. The van der Waals surface area contributed by atoms with Gasteiger partial charge in [-0.25, -0.2) is 10.4 Å². The van der Waals surface area contributed by atoms with E-state index < -0.39 is 10.8 Å². The van der Waals surface area contributed by atoms with Crippen LogP contribution in [0.2, 0.25) is 0 Å². The van der Waals surface area contributed by atoms with Crippen molar-refractivity contribution >= 4 is 17.8 Å². The first-order valence-corrected chi connectivity index (χ1v) is 7.08. The molecule has 1 N–H and O–H groups in total. The number of aromatic nitrogens is 2. The van der Waals surface area contributed by atoms with Crippen molar-refractivity contribution in [2.45, 2.75) is 0 Å². The number of carbonyl (C=O) groups is 1. The predicted molar refractivity (Wildman–Crippen MR) is 87.9 cm³/mol. The maximum Gasteiger partial charge on any atom is 0.291 e. The monoisotopic (exact) mass is 337 g/mol. The van der Waals surface area contributed by atoms with Crippen LogP contribution >= 0.6 is 0 Å². The number of rotatable bonds is 5. The van der Waals surface area contributed by atoms with Crippen LogP contribution in [0, 0.1) is 10.1 Å². The molecule has 2 aromatic heterocycles. The highest BCUT2D eigenvalue weighted by Crippen LogP contribution is 2.30. The molecule has 0 saturated heterocycles. The zero-order valence-electron chi connectivity index (χ0n) is 12.7. The van der Waals surface area contributed by atoms with Crippen LogP contribution in [0.5, 0.6) is 0 Å². The molecular formula is C16H11N5O4. The van der Waals surface area contributed by atoms with Gasteiger partial charge in [0, 0.05) is 18.5 Å². The average molecular weight is 337 g/mol. The molecule has 0 atom stereocenters. The molecule has 9 nitrogen and oxygen atoms in total. The summed E-state index contributed by atoms with van der Waals surface area (Å²) in [6, 6.07) is 9.42. The summed E-state index contributed by atoms with van der Waals surface area (Å²) in [6.07, 6.45) is 5.44. The van der Waals surface area contributed by atoms with Crippen LogP contribution in [0.3, 0.4) is 0 Å². The fourth-order valence-corrected chi connectivity index (χ4v) is 2.04. The number of nitro benzene ring substituents is 1. The molecule has 0 bridgehead atoms. The first-order chi connectivity index (χ1) is 12.1. The van der Waals surface area contributed by atoms with Crippen molar-refractivity contribution in [3.05, 3.63) is 76.6 Å².